The zero-order valence-corrected chi connectivity index (χ0v) is 16.6. The lowest BCUT2D eigenvalue weighted by Gasteiger charge is -2.11. The molecule has 1 heterocycles. The zero-order valence-electron chi connectivity index (χ0n) is 15.0. The lowest BCUT2D eigenvalue weighted by atomic mass is 10.2. The van der Waals surface area contributed by atoms with Gasteiger partial charge in [0.2, 0.25) is 0 Å². The number of nitrogens with one attached hydrogen (secondary N) is 3. The first-order chi connectivity index (χ1) is 12.6. The Morgan fingerprint density at radius 2 is 2.00 bits per heavy atom. The van der Waals surface area contributed by atoms with E-state index in [2.05, 4.69) is 28.1 Å². The SMILES string of the molecule is CCCCCNC(=S)NNC(=O)c1ccc(OCc2csc(C)n2)cc1. The summed E-state index contributed by atoms with van der Waals surface area (Å²) in [5.41, 5.74) is 6.70. The monoisotopic (exact) mass is 392 g/mol. The number of unbranched alkanes of at least 4 members (excludes halogenated alkanes) is 2. The Hall–Kier alpha value is -2.19. The summed E-state index contributed by atoms with van der Waals surface area (Å²) in [5, 5.41) is 6.45. The molecule has 1 aromatic heterocycles. The number of aromatic nitrogens is 1. The molecule has 2 rings (SSSR count). The van der Waals surface area contributed by atoms with Gasteiger partial charge in [0.05, 0.1) is 10.7 Å². The minimum atomic E-state index is -0.260. The van der Waals surface area contributed by atoms with E-state index in [1.807, 2.05) is 12.3 Å². The van der Waals surface area contributed by atoms with E-state index in [0.29, 0.717) is 23.0 Å². The second-order valence-corrected chi connectivity index (χ2v) is 7.18. The Morgan fingerprint density at radius 3 is 2.65 bits per heavy atom. The van der Waals surface area contributed by atoms with Crippen molar-refractivity contribution in [3.63, 3.8) is 0 Å². The highest BCUT2D eigenvalue weighted by Gasteiger charge is 2.06. The van der Waals surface area contributed by atoms with E-state index < -0.39 is 0 Å². The van der Waals surface area contributed by atoms with Crippen LogP contribution in [0.5, 0.6) is 5.75 Å². The van der Waals surface area contributed by atoms with E-state index in [9.17, 15) is 4.79 Å². The maximum absolute atomic E-state index is 12.1. The molecular formula is C18H24N4O2S2. The number of hydrazine groups is 1. The van der Waals surface area contributed by atoms with Crippen LogP contribution >= 0.6 is 23.6 Å². The summed E-state index contributed by atoms with van der Waals surface area (Å²) in [6.45, 7) is 5.31. The number of nitrogens with zero attached hydrogens (tertiary/aromatic N) is 1. The van der Waals surface area contributed by atoms with Gasteiger partial charge in [-0.05, 0) is 49.8 Å². The molecule has 0 spiro atoms. The Balaban J connectivity index is 1.72. The van der Waals surface area contributed by atoms with Gasteiger partial charge in [-0.3, -0.25) is 15.6 Å². The van der Waals surface area contributed by atoms with Gasteiger partial charge in [-0.25, -0.2) is 4.98 Å². The Labute approximate surface area is 163 Å². The molecular weight excluding hydrogens is 368 g/mol. The summed E-state index contributed by atoms with van der Waals surface area (Å²) in [7, 11) is 0. The van der Waals surface area contributed by atoms with Gasteiger partial charge >= 0.3 is 0 Å². The highest BCUT2D eigenvalue weighted by Crippen LogP contribution is 2.15. The average molecular weight is 393 g/mol. The van der Waals surface area contributed by atoms with Crippen LogP contribution in [0.15, 0.2) is 29.6 Å². The van der Waals surface area contributed by atoms with Gasteiger partial charge < -0.3 is 10.1 Å². The fourth-order valence-electron chi connectivity index (χ4n) is 2.14. The molecule has 0 aliphatic carbocycles. The van der Waals surface area contributed by atoms with Crippen molar-refractivity contribution in [3.05, 3.63) is 45.9 Å². The fraction of sp³-hybridized carbons (Fsp3) is 0.389. The predicted molar refractivity (Wildman–Crippen MR) is 108 cm³/mol. The van der Waals surface area contributed by atoms with Crippen molar-refractivity contribution in [2.45, 2.75) is 39.7 Å². The number of hydrogen-bond donors (Lipinski definition) is 3. The molecule has 2 aromatic rings. The number of rotatable bonds is 8. The standard InChI is InChI=1S/C18H24N4O2S2/c1-3-4-5-10-19-18(25)22-21-17(23)14-6-8-16(9-7-14)24-11-15-12-26-13(2)20-15/h6-9,12H,3-5,10-11H2,1-2H3,(H,21,23)(H2,19,22,25). The predicted octanol–water partition coefficient (Wildman–Crippen LogP) is 3.33. The number of amides is 1. The van der Waals surface area contributed by atoms with Crippen LogP contribution in [0.25, 0.3) is 0 Å². The third-order valence-electron chi connectivity index (χ3n) is 3.53. The molecule has 0 fully saturated rings. The molecule has 0 aliphatic heterocycles. The van der Waals surface area contributed by atoms with Crippen LogP contribution in [0, 0.1) is 6.92 Å². The molecule has 0 saturated carbocycles. The van der Waals surface area contributed by atoms with Crippen molar-refractivity contribution in [2.75, 3.05) is 6.54 Å². The number of carbonyl (C=O) groups is 1. The molecule has 0 saturated heterocycles. The van der Waals surface area contributed by atoms with Gasteiger partial charge in [-0.1, -0.05) is 19.8 Å². The summed E-state index contributed by atoms with van der Waals surface area (Å²) in [6, 6.07) is 6.93. The van der Waals surface area contributed by atoms with Crippen LogP contribution < -0.4 is 20.9 Å². The second kappa shape index (κ2) is 10.7. The van der Waals surface area contributed by atoms with Crippen molar-refractivity contribution < 1.29 is 9.53 Å². The molecule has 3 N–H and O–H groups in total. The van der Waals surface area contributed by atoms with Gasteiger partial charge in [0.25, 0.3) is 5.91 Å². The third kappa shape index (κ3) is 6.97. The number of ether oxygens (including phenoxy) is 1. The van der Waals surface area contributed by atoms with Gasteiger partial charge in [-0.15, -0.1) is 11.3 Å². The van der Waals surface area contributed by atoms with E-state index in [0.717, 1.165) is 36.5 Å². The summed E-state index contributed by atoms with van der Waals surface area (Å²) in [5.74, 6) is 0.428. The quantitative estimate of drug-likeness (QED) is 0.363. The first-order valence-corrected chi connectivity index (χ1v) is 9.85. The van der Waals surface area contributed by atoms with E-state index in [4.69, 9.17) is 17.0 Å². The summed E-state index contributed by atoms with van der Waals surface area (Å²) < 4.78 is 5.67. The smallest absolute Gasteiger partial charge is 0.269 e. The normalized spacial score (nSPS) is 10.2. The zero-order chi connectivity index (χ0) is 18.8. The van der Waals surface area contributed by atoms with Crippen LogP contribution in [-0.4, -0.2) is 22.5 Å². The molecule has 0 radical (unpaired) electrons. The molecule has 1 amide bonds. The summed E-state index contributed by atoms with van der Waals surface area (Å²) >= 11 is 6.71. The lowest BCUT2D eigenvalue weighted by Crippen LogP contribution is -2.46. The number of aryl methyl sites for hydroxylation is 1. The van der Waals surface area contributed by atoms with E-state index in [1.54, 1.807) is 35.6 Å². The Kier molecular flexibility index (Phi) is 8.30. The first kappa shape index (κ1) is 20.1. The average Bonchev–Trinajstić information content (AvgIpc) is 3.07. The molecule has 0 atom stereocenters. The molecule has 140 valence electrons. The number of thiocarbonyl (C=S) groups is 1. The lowest BCUT2D eigenvalue weighted by molar-refractivity contribution is 0.0943. The van der Waals surface area contributed by atoms with Crippen LogP contribution in [0.4, 0.5) is 0 Å². The number of thiazole rings is 1. The molecule has 0 bridgehead atoms. The minimum absolute atomic E-state index is 0.260. The maximum Gasteiger partial charge on any atom is 0.269 e. The van der Waals surface area contributed by atoms with Gasteiger partial charge in [0.1, 0.15) is 12.4 Å². The number of benzene rings is 1. The molecule has 0 aliphatic rings. The van der Waals surface area contributed by atoms with Crippen molar-refractivity contribution in [1.29, 1.82) is 0 Å². The molecule has 6 nitrogen and oxygen atoms in total. The molecule has 1 aromatic carbocycles. The minimum Gasteiger partial charge on any atom is -0.487 e. The molecule has 26 heavy (non-hydrogen) atoms. The molecule has 0 unspecified atom stereocenters. The fourth-order valence-corrected chi connectivity index (χ4v) is 2.89. The second-order valence-electron chi connectivity index (χ2n) is 5.71. The van der Waals surface area contributed by atoms with Crippen molar-refractivity contribution >= 4 is 34.6 Å². The number of carbonyl (C=O) groups excluding carboxylic acids is 1. The number of hydrogen-bond acceptors (Lipinski definition) is 5. The van der Waals surface area contributed by atoms with Gasteiger partial charge in [-0.2, -0.15) is 0 Å². The van der Waals surface area contributed by atoms with Crippen LogP contribution in [0.3, 0.4) is 0 Å². The Bertz CT molecular complexity index is 716. The van der Waals surface area contributed by atoms with Gasteiger partial charge in [0, 0.05) is 17.5 Å². The van der Waals surface area contributed by atoms with Crippen LogP contribution in [0.1, 0.15) is 47.2 Å². The van der Waals surface area contributed by atoms with Crippen molar-refractivity contribution in [2.24, 2.45) is 0 Å². The highest BCUT2D eigenvalue weighted by molar-refractivity contribution is 7.80. The molecule has 8 heteroatoms. The topological polar surface area (TPSA) is 75.3 Å². The third-order valence-corrected chi connectivity index (χ3v) is 4.59. The van der Waals surface area contributed by atoms with Crippen LogP contribution in [-0.2, 0) is 6.61 Å². The van der Waals surface area contributed by atoms with E-state index >= 15 is 0 Å². The maximum atomic E-state index is 12.1. The largest absolute Gasteiger partial charge is 0.487 e. The Morgan fingerprint density at radius 1 is 1.23 bits per heavy atom. The van der Waals surface area contributed by atoms with E-state index in [1.165, 1.54) is 0 Å². The van der Waals surface area contributed by atoms with Crippen molar-refractivity contribution in [3.8, 4) is 5.75 Å². The van der Waals surface area contributed by atoms with Crippen LogP contribution in [0.2, 0.25) is 0 Å². The van der Waals surface area contributed by atoms with Gasteiger partial charge in [0.15, 0.2) is 5.11 Å². The van der Waals surface area contributed by atoms with Crippen molar-refractivity contribution in [1.82, 2.24) is 21.2 Å². The summed E-state index contributed by atoms with van der Waals surface area (Å²) in [6.07, 6.45) is 3.36. The first-order valence-electron chi connectivity index (χ1n) is 8.56. The summed E-state index contributed by atoms with van der Waals surface area (Å²) in [4.78, 5) is 16.5. The highest BCUT2D eigenvalue weighted by atomic mass is 32.1. The van der Waals surface area contributed by atoms with E-state index in [-0.39, 0.29) is 5.91 Å².